The number of pyridine rings is 2. The highest BCUT2D eigenvalue weighted by atomic mass is 19.1. The second-order valence-corrected chi connectivity index (χ2v) is 19.2. The standard InChI is InChI=1S/C52H60F2N10O5/c1-31-25-35(51(67)63-17-11-33(12-18-63)29-60-21-23-62(24-22-60)36-5-6-41(45(27-36)69-4)57-42-7-8-46(65)58-50(42)66)26-39(53)47(31)34-13-19-61(20-14-34)32(2)44-28-38-43(10-16-56-49(38)59(44)3)64-30-40(54)48-37(52(64)68)9-15-55-48/h5-6,10,13,16,25-28,30,32-33,42,55,57H,7-9,11-12,14-15,17-24,29H2,1-4H3,(H,58,65,66)/t32-,42?/m0/s1. The van der Waals surface area contributed by atoms with Gasteiger partial charge in [-0.15, -0.1) is 0 Å². The van der Waals surface area contributed by atoms with E-state index in [1.807, 2.05) is 53.8 Å². The van der Waals surface area contributed by atoms with Crippen LogP contribution in [-0.4, -0.2) is 125 Å². The average Bonchev–Trinajstić information content (AvgIpc) is 4.00. The fourth-order valence-corrected chi connectivity index (χ4v) is 11.2. The van der Waals surface area contributed by atoms with Crippen molar-refractivity contribution in [2.24, 2.45) is 13.0 Å². The summed E-state index contributed by atoms with van der Waals surface area (Å²) in [6, 6.07) is 12.5. The Morgan fingerprint density at radius 3 is 2.46 bits per heavy atom. The van der Waals surface area contributed by atoms with Gasteiger partial charge in [-0.05, 0) is 99.4 Å². The first-order valence-corrected chi connectivity index (χ1v) is 24.3. The lowest BCUT2D eigenvalue weighted by Crippen LogP contribution is -2.49. The van der Waals surface area contributed by atoms with Gasteiger partial charge in [-0.25, -0.2) is 13.8 Å². The monoisotopic (exact) mass is 942 g/mol. The zero-order chi connectivity index (χ0) is 48.1. The van der Waals surface area contributed by atoms with E-state index in [4.69, 9.17) is 4.74 Å². The number of piperazine rings is 1. The Hall–Kier alpha value is -6.59. The largest absolute Gasteiger partial charge is 0.495 e. The smallest absolute Gasteiger partial charge is 0.260 e. The number of ether oxygens (including phenoxy) is 1. The number of hydrogen-bond acceptors (Lipinski definition) is 11. The molecule has 17 heteroatoms. The molecule has 2 aromatic carbocycles. The maximum Gasteiger partial charge on any atom is 0.260 e. The van der Waals surface area contributed by atoms with Crippen LogP contribution in [0.2, 0.25) is 0 Å². The van der Waals surface area contributed by atoms with Gasteiger partial charge >= 0.3 is 0 Å². The fourth-order valence-electron chi connectivity index (χ4n) is 11.2. The molecule has 5 aliphatic heterocycles. The van der Waals surface area contributed by atoms with Crippen LogP contribution in [-0.2, 0) is 23.1 Å². The quantitative estimate of drug-likeness (QED) is 0.133. The Kier molecular flexibility index (Phi) is 12.8. The molecule has 3 amide bonds. The molecule has 69 heavy (non-hydrogen) atoms. The van der Waals surface area contributed by atoms with Crippen LogP contribution >= 0.6 is 0 Å². The number of nitrogens with one attached hydrogen (secondary N) is 3. The van der Waals surface area contributed by atoms with Crippen LogP contribution in [0.3, 0.4) is 0 Å². The summed E-state index contributed by atoms with van der Waals surface area (Å²) in [7, 11) is 3.57. The van der Waals surface area contributed by atoms with Gasteiger partial charge in [-0.2, -0.15) is 0 Å². The summed E-state index contributed by atoms with van der Waals surface area (Å²) in [5.74, 6) is -0.408. The molecule has 2 atom stereocenters. The minimum atomic E-state index is -0.490. The van der Waals surface area contributed by atoms with Gasteiger partial charge in [-0.1, -0.05) is 6.08 Å². The number of carbonyl (C=O) groups is 3. The highest BCUT2D eigenvalue weighted by molar-refractivity contribution is 6.01. The van der Waals surface area contributed by atoms with Crippen molar-refractivity contribution in [3.8, 4) is 11.4 Å². The number of hydrogen-bond donors (Lipinski definition) is 3. The fraction of sp³-hybridized carbons (Fsp3) is 0.442. The molecule has 10 rings (SSSR count). The van der Waals surface area contributed by atoms with Crippen LogP contribution in [0.15, 0.2) is 65.7 Å². The molecule has 0 spiro atoms. The predicted molar refractivity (Wildman–Crippen MR) is 262 cm³/mol. The lowest BCUT2D eigenvalue weighted by atomic mass is 9.92. The van der Waals surface area contributed by atoms with Crippen molar-refractivity contribution in [1.29, 1.82) is 0 Å². The second-order valence-electron chi connectivity index (χ2n) is 19.2. The van der Waals surface area contributed by atoms with E-state index in [-0.39, 0.29) is 35.1 Å². The number of benzene rings is 2. The van der Waals surface area contributed by atoms with Gasteiger partial charge in [0, 0.05) is 131 Å². The third-order valence-electron chi connectivity index (χ3n) is 15.1. The zero-order valence-electron chi connectivity index (χ0n) is 39.7. The number of nitrogens with zero attached hydrogens (tertiary/aromatic N) is 7. The van der Waals surface area contributed by atoms with E-state index in [0.29, 0.717) is 109 Å². The molecule has 3 N–H and O–H groups in total. The molecular formula is C52H60F2N10O5. The summed E-state index contributed by atoms with van der Waals surface area (Å²) in [6.07, 6.45) is 8.64. The molecule has 5 aliphatic rings. The van der Waals surface area contributed by atoms with Gasteiger partial charge in [0.1, 0.15) is 23.3 Å². The highest BCUT2D eigenvalue weighted by Gasteiger charge is 2.31. The van der Waals surface area contributed by atoms with Crippen LogP contribution in [0.5, 0.6) is 5.75 Å². The molecule has 0 saturated carbocycles. The van der Waals surface area contributed by atoms with Crippen LogP contribution < -0.4 is 31.1 Å². The first kappa shape index (κ1) is 46.2. The first-order chi connectivity index (χ1) is 33.3. The van der Waals surface area contributed by atoms with Gasteiger partial charge < -0.3 is 29.7 Å². The number of aromatic nitrogens is 3. The SMILES string of the molecule is COc1cc(N2CCN(CC3CCN(C(=O)c4cc(C)c(C5=CCN([C@@H](C)c6cc7c(-n8cc(F)c9c(c8=O)CCN9)ccnc7n6C)CC5)c(F)c4)CC3)CC2)ccc1NC1CCC(=O)NC1=O. The Morgan fingerprint density at radius 2 is 1.74 bits per heavy atom. The molecule has 15 nitrogen and oxygen atoms in total. The van der Waals surface area contributed by atoms with Crippen molar-refractivity contribution in [1.82, 2.24) is 34.1 Å². The lowest BCUT2D eigenvalue weighted by molar-refractivity contribution is -0.133. The number of carbonyl (C=O) groups excluding carboxylic acids is 3. The van der Waals surface area contributed by atoms with Crippen molar-refractivity contribution in [2.45, 2.75) is 64.5 Å². The normalized spacial score (nSPS) is 19.9. The Bertz CT molecular complexity index is 2910. The van der Waals surface area contributed by atoms with Crippen molar-refractivity contribution in [3.63, 3.8) is 0 Å². The molecule has 3 saturated heterocycles. The first-order valence-electron chi connectivity index (χ1n) is 24.3. The Morgan fingerprint density at radius 1 is 0.942 bits per heavy atom. The van der Waals surface area contributed by atoms with Crippen LogP contribution in [0.1, 0.15) is 77.8 Å². The minimum absolute atomic E-state index is 0.0351. The summed E-state index contributed by atoms with van der Waals surface area (Å²) in [5, 5.41) is 9.38. The van der Waals surface area contributed by atoms with E-state index in [9.17, 15) is 19.2 Å². The number of anilines is 3. The maximum absolute atomic E-state index is 16.1. The summed E-state index contributed by atoms with van der Waals surface area (Å²) >= 11 is 0. The number of rotatable bonds is 11. The molecule has 0 radical (unpaired) electrons. The predicted octanol–water partition coefficient (Wildman–Crippen LogP) is 6.03. The topological polar surface area (TPSA) is 149 Å². The molecule has 362 valence electrons. The van der Waals surface area contributed by atoms with Crippen LogP contribution in [0.25, 0.3) is 22.3 Å². The van der Waals surface area contributed by atoms with Crippen molar-refractivity contribution >= 4 is 51.4 Å². The molecule has 5 aromatic rings. The van der Waals surface area contributed by atoms with E-state index in [1.54, 1.807) is 19.4 Å². The highest BCUT2D eigenvalue weighted by Crippen LogP contribution is 2.36. The van der Waals surface area contributed by atoms with Crippen molar-refractivity contribution < 1.29 is 27.9 Å². The van der Waals surface area contributed by atoms with Gasteiger partial charge in [0.25, 0.3) is 11.5 Å². The number of aryl methyl sites for hydroxylation is 2. The third kappa shape index (κ3) is 8.97. The number of amides is 3. The van der Waals surface area contributed by atoms with Crippen molar-refractivity contribution in [2.75, 3.05) is 88.1 Å². The maximum atomic E-state index is 16.1. The molecule has 1 unspecified atom stereocenters. The van der Waals surface area contributed by atoms with E-state index < -0.39 is 11.9 Å². The van der Waals surface area contributed by atoms with Crippen LogP contribution in [0.4, 0.5) is 25.8 Å². The Balaban J connectivity index is 0.721. The molecule has 3 fully saturated rings. The number of fused-ring (bicyclic) bond motifs is 2. The number of likely N-dealkylation sites (tertiary alicyclic amines) is 1. The third-order valence-corrected chi connectivity index (χ3v) is 15.1. The van der Waals surface area contributed by atoms with E-state index in [0.717, 1.165) is 73.5 Å². The zero-order valence-corrected chi connectivity index (χ0v) is 39.7. The number of imide groups is 1. The average molecular weight is 943 g/mol. The van der Waals surface area contributed by atoms with Gasteiger partial charge in [0.15, 0.2) is 5.82 Å². The van der Waals surface area contributed by atoms with Gasteiger partial charge in [-0.3, -0.25) is 38.9 Å². The molecule has 0 bridgehead atoms. The summed E-state index contributed by atoms with van der Waals surface area (Å²) in [4.78, 5) is 64.8. The Labute approximate surface area is 400 Å². The lowest BCUT2D eigenvalue weighted by Gasteiger charge is -2.39. The van der Waals surface area contributed by atoms with E-state index in [1.165, 1.54) is 16.8 Å². The summed E-state index contributed by atoms with van der Waals surface area (Å²) in [5.41, 5.74) is 7.19. The minimum Gasteiger partial charge on any atom is -0.495 e. The molecule has 0 aliphatic carbocycles. The van der Waals surface area contributed by atoms with Crippen molar-refractivity contribution in [3.05, 3.63) is 111 Å². The molecular weight excluding hydrogens is 883 g/mol. The molecule has 8 heterocycles. The summed E-state index contributed by atoms with van der Waals surface area (Å²) in [6.45, 7) is 11.7. The number of methoxy groups -OCH3 is 1. The van der Waals surface area contributed by atoms with Crippen LogP contribution in [0, 0.1) is 24.5 Å². The second kappa shape index (κ2) is 19.1. The summed E-state index contributed by atoms with van der Waals surface area (Å²) < 4.78 is 40.3. The number of halogens is 2. The van der Waals surface area contributed by atoms with Gasteiger partial charge in [0.05, 0.1) is 30.4 Å². The molecule has 3 aromatic heterocycles. The van der Waals surface area contributed by atoms with E-state index >= 15 is 8.78 Å². The number of piperidine rings is 2. The van der Waals surface area contributed by atoms with Gasteiger partial charge in [0.2, 0.25) is 11.8 Å². The van der Waals surface area contributed by atoms with E-state index in [2.05, 4.69) is 48.6 Å².